The van der Waals surface area contributed by atoms with Crippen LogP contribution in [0.4, 0.5) is 0 Å². The topological polar surface area (TPSA) is 34.3 Å². The van der Waals surface area contributed by atoms with Crippen LogP contribution in [0.5, 0.6) is 0 Å². The predicted octanol–water partition coefficient (Wildman–Crippen LogP) is 2.39. The van der Waals surface area contributed by atoms with Crippen LogP contribution in [-0.4, -0.2) is 38.6 Å². The summed E-state index contributed by atoms with van der Waals surface area (Å²) in [4.78, 5) is 0. The molecule has 0 saturated carbocycles. The van der Waals surface area contributed by atoms with Crippen molar-refractivity contribution in [3.05, 3.63) is 0 Å². The summed E-state index contributed by atoms with van der Waals surface area (Å²) in [6, 6.07) is 0. The number of ether oxygens (including phenoxy) is 3. The van der Waals surface area contributed by atoms with Crippen LogP contribution in [0.2, 0.25) is 0 Å². The van der Waals surface area contributed by atoms with E-state index in [0.29, 0.717) is 12.2 Å². The molecular weight excluding hydrogens is 192 g/mol. The third-order valence-electron chi connectivity index (χ3n) is 2.37. The van der Waals surface area contributed by atoms with E-state index in [1.807, 2.05) is 0 Å². The number of hydrogen-bond acceptors (Lipinski definition) is 3. The van der Waals surface area contributed by atoms with Crippen molar-refractivity contribution < 1.29 is 14.2 Å². The minimum Gasteiger partial charge on any atom is -0.376 e. The molecule has 0 aromatic carbocycles. The Morgan fingerprint density at radius 1 is 0.933 bits per heavy atom. The molecule has 3 nitrogen and oxygen atoms in total. The first-order valence-electron chi connectivity index (χ1n) is 6.17. The first kappa shape index (κ1) is 12.9. The lowest BCUT2D eigenvalue weighted by Gasteiger charge is -1.95. The molecule has 2 unspecified atom stereocenters. The van der Waals surface area contributed by atoms with Crippen molar-refractivity contribution in [1.29, 1.82) is 0 Å². The molecule has 90 valence electrons. The number of unbranched alkanes of at least 4 members (excludes halogenated alkanes) is 3. The quantitative estimate of drug-likeness (QED) is 0.484. The Balaban J connectivity index is 0.000000167. The van der Waals surface area contributed by atoms with E-state index in [0.717, 1.165) is 26.4 Å². The molecule has 0 amide bonds. The Hall–Kier alpha value is -0.120. The van der Waals surface area contributed by atoms with Gasteiger partial charge in [0.05, 0.1) is 26.4 Å². The van der Waals surface area contributed by atoms with E-state index >= 15 is 0 Å². The fourth-order valence-corrected chi connectivity index (χ4v) is 1.16. The minimum atomic E-state index is 0.392. The van der Waals surface area contributed by atoms with Gasteiger partial charge in [-0.15, -0.1) is 0 Å². The lowest BCUT2D eigenvalue weighted by Crippen LogP contribution is -2.06. The highest BCUT2D eigenvalue weighted by Gasteiger charge is 2.26. The summed E-state index contributed by atoms with van der Waals surface area (Å²) in [5.41, 5.74) is 0. The first-order valence-corrected chi connectivity index (χ1v) is 6.17. The van der Waals surface area contributed by atoms with Crippen molar-refractivity contribution in [3.63, 3.8) is 0 Å². The van der Waals surface area contributed by atoms with E-state index in [4.69, 9.17) is 14.2 Å². The van der Waals surface area contributed by atoms with E-state index < -0.39 is 0 Å². The summed E-state index contributed by atoms with van der Waals surface area (Å²) in [5.74, 6) is 0. The average molecular weight is 216 g/mol. The zero-order chi connectivity index (χ0) is 10.9. The van der Waals surface area contributed by atoms with Crippen LogP contribution in [0, 0.1) is 0 Å². The maximum Gasteiger partial charge on any atom is 0.104 e. The Morgan fingerprint density at radius 2 is 1.33 bits per heavy atom. The molecule has 2 atom stereocenters. The van der Waals surface area contributed by atoms with Crippen LogP contribution in [0.15, 0.2) is 0 Å². The molecular formula is C12H24O3. The largest absolute Gasteiger partial charge is 0.376 e. The molecule has 0 aromatic heterocycles. The molecule has 0 aliphatic carbocycles. The Morgan fingerprint density at radius 3 is 1.60 bits per heavy atom. The fourth-order valence-electron chi connectivity index (χ4n) is 1.16. The highest BCUT2D eigenvalue weighted by atomic mass is 16.6. The number of epoxide rings is 2. The molecule has 2 aliphatic heterocycles. The van der Waals surface area contributed by atoms with Crippen molar-refractivity contribution in [2.45, 2.75) is 51.7 Å². The van der Waals surface area contributed by atoms with Gasteiger partial charge in [0.15, 0.2) is 0 Å². The van der Waals surface area contributed by atoms with Gasteiger partial charge in [0.1, 0.15) is 12.2 Å². The Labute approximate surface area is 93.1 Å². The number of rotatable bonds is 7. The molecule has 2 fully saturated rings. The molecule has 2 aliphatic rings. The van der Waals surface area contributed by atoms with Crippen LogP contribution in [0.25, 0.3) is 0 Å². The van der Waals surface area contributed by atoms with Gasteiger partial charge in [0.2, 0.25) is 0 Å². The van der Waals surface area contributed by atoms with E-state index in [-0.39, 0.29) is 0 Å². The van der Waals surface area contributed by atoms with Crippen LogP contribution in [0.1, 0.15) is 39.5 Å². The molecule has 2 rings (SSSR count). The fraction of sp³-hybridized carbons (Fsp3) is 1.00. The van der Waals surface area contributed by atoms with Gasteiger partial charge in [0.25, 0.3) is 0 Å². The van der Waals surface area contributed by atoms with Crippen molar-refractivity contribution in [2.75, 3.05) is 26.4 Å². The summed E-state index contributed by atoms with van der Waals surface area (Å²) in [6.07, 6.45) is 6.32. The van der Waals surface area contributed by atoms with Crippen molar-refractivity contribution in [2.24, 2.45) is 0 Å². The monoisotopic (exact) mass is 216 g/mol. The lowest BCUT2D eigenvalue weighted by atomic mass is 10.2. The molecule has 2 heterocycles. The van der Waals surface area contributed by atoms with Gasteiger partial charge in [-0.2, -0.15) is 0 Å². The van der Waals surface area contributed by atoms with Crippen LogP contribution < -0.4 is 0 Å². The second-order valence-corrected chi connectivity index (χ2v) is 4.16. The second-order valence-electron chi connectivity index (χ2n) is 4.16. The van der Waals surface area contributed by atoms with Gasteiger partial charge in [0, 0.05) is 0 Å². The highest BCUT2D eigenvalue weighted by Crippen LogP contribution is 2.12. The predicted molar refractivity (Wildman–Crippen MR) is 60.1 cm³/mol. The van der Waals surface area contributed by atoms with Gasteiger partial charge in [-0.3, -0.25) is 0 Å². The molecule has 2 saturated heterocycles. The summed E-state index contributed by atoms with van der Waals surface area (Å²) >= 11 is 0. The Kier molecular flexibility index (Phi) is 6.98. The summed E-state index contributed by atoms with van der Waals surface area (Å²) in [6.45, 7) is 7.72. The maximum absolute atomic E-state index is 5.23. The van der Waals surface area contributed by atoms with Crippen molar-refractivity contribution in [3.8, 4) is 0 Å². The van der Waals surface area contributed by atoms with Gasteiger partial charge in [-0.1, -0.05) is 39.5 Å². The molecule has 0 spiro atoms. The second kappa shape index (κ2) is 8.08. The lowest BCUT2D eigenvalue weighted by molar-refractivity contribution is 0.102. The van der Waals surface area contributed by atoms with E-state index in [2.05, 4.69) is 13.8 Å². The average Bonchev–Trinajstić information content (AvgIpc) is 3.08. The third-order valence-corrected chi connectivity index (χ3v) is 2.37. The Bertz CT molecular complexity index is 126. The van der Waals surface area contributed by atoms with Crippen LogP contribution >= 0.6 is 0 Å². The van der Waals surface area contributed by atoms with Crippen molar-refractivity contribution >= 4 is 0 Å². The maximum atomic E-state index is 5.23. The molecule has 0 N–H and O–H groups in total. The number of hydrogen-bond donors (Lipinski definition) is 0. The third kappa shape index (κ3) is 8.85. The van der Waals surface area contributed by atoms with Gasteiger partial charge >= 0.3 is 0 Å². The van der Waals surface area contributed by atoms with Crippen molar-refractivity contribution in [1.82, 2.24) is 0 Å². The van der Waals surface area contributed by atoms with E-state index in [1.165, 1.54) is 25.7 Å². The standard InChI is InChI=1S/C6H10O3.C6H14/c1(5-3-8-5)7-2-6-4-9-6;1-3-5-6-4-2/h5-6H,1-4H2;3-6H2,1-2H3. The normalized spacial score (nSPS) is 26.8. The van der Waals surface area contributed by atoms with Gasteiger partial charge < -0.3 is 14.2 Å². The molecule has 0 radical (unpaired) electrons. The highest BCUT2D eigenvalue weighted by molar-refractivity contribution is 4.71. The summed E-state index contributed by atoms with van der Waals surface area (Å²) < 4.78 is 15.1. The van der Waals surface area contributed by atoms with Crippen LogP contribution in [-0.2, 0) is 14.2 Å². The van der Waals surface area contributed by atoms with E-state index in [9.17, 15) is 0 Å². The minimum absolute atomic E-state index is 0.392. The van der Waals surface area contributed by atoms with Gasteiger partial charge in [-0.25, -0.2) is 0 Å². The molecule has 0 bridgehead atoms. The zero-order valence-corrected chi connectivity index (χ0v) is 10.0. The van der Waals surface area contributed by atoms with Crippen LogP contribution in [0.3, 0.4) is 0 Å². The van der Waals surface area contributed by atoms with E-state index in [1.54, 1.807) is 0 Å². The molecule has 15 heavy (non-hydrogen) atoms. The summed E-state index contributed by atoms with van der Waals surface area (Å²) in [7, 11) is 0. The molecule has 3 heteroatoms. The zero-order valence-electron chi connectivity index (χ0n) is 10.0. The molecule has 0 aromatic rings. The van der Waals surface area contributed by atoms with Gasteiger partial charge in [-0.05, 0) is 0 Å². The summed E-state index contributed by atoms with van der Waals surface area (Å²) in [5, 5.41) is 0. The first-order chi connectivity index (χ1) is 7.36. The SMILES string of the molecule is C(OCC1CO1)C1CO1.CCCCCC. The smallest absolute Gasteiger partial charge is 0.104 e.